The smallest absolute Gasteiger partial charge is 0.200 e. The van der Waals surface area contributed by atoms with Gasteiger partial charge in [0.15, 0.2) is 23.3 Å². The molecule has 0 fully saturated rings. The Morgan fingerprint density at radius 3 is 1.83 bits per heavy atom. The van der Waals surface area contributed by atoms with Gasteiger partial charge in [-0.1, -0.05) is 0 Å². The lowest BCUT2D eigenvalue weighted by Gasteiger charge is -2.09. The van der Waals surface area contributed by atoms with Crippen LogP contribution in [0.25, 0.3) is 55.9 Å². The van der Waals surface area contributed by atoms with Crippen LogP contribution in [0.15, 0.2) is 42.5 Å². The number of hydrogen-bond acceptors (Lipinski definition) is 3. The van der Waals surface area contributed by atoms with Crippen molar-refractivity contribution < 1.29 is 22.0 Å². The number of benzene rings is 1. The number of rotatable bonds is 1. The zero-order chi connectivity index (χ0) is 24.3. The number of aromatic amines is 1. The number of hydrogen-bond donors (Lipinski definition) is 1. The van der Waals surface area contributed by atoms with Crippen molar-refractivity contribution in [2.24, 2.45) is 0 Å². The minimum Gasteiger partial charge on any atom is -0.355 e. The van der Waals surface area contributed by atoms with Crippen molar-refractivity contribution in [3.8, 4) is 11.1 Å². The third kappa shape index (κ3) is 3.64. The van der Waals surface area contributed by atoms with Crippen LogP contribution in [-0.4, -0.2) is 15.0 Å². The fourth-order valence-corrected chi connectivity index (χ4v) is 5.00. The summed E-state index contributed by atoms with van der Waals surface area (Å²) >= 11 is 1.13. The lowest BCUT2D eigenvalue weighted by Crippen LogP contribution is -2.04. The molecule has 0 spiro atoms. The third-order valence-electron chi connectivity index (χ3n) is 5.56. The highest BCUT2D eigenvalue weighted by atomic mass is 32.1. The molecule has 0 saturated carbocycles. The van der Waals surface area contributed by atoms with E-state index in [4.69, 9.17) is 0 Å². The van der Waals surface area contributed by atoms with Gasteiger partial charge in [0.2, 0.25) is 5.82 Å². The summed E-state index contributed by atoms with van der Waals surface area (Å²) in [5.74, 6) is -10.1. The average molecular weight is 493 g/mol. The van der Waals surface area contributed by atoms with Crippen LogP contribution in [-0.2, 0) is 0 Å². The molecule has 1 N–H and O–H groups in total. The Morgan fingerprint density at radius 1 is 0.571 bits per heavy atom. The van der Waals surface area contributed by atoms with Crippen molar-refractivity contribution in [2.45, 2.75) is 0 Å². The molecule has 0 atom stereocenters. The summed E-state index contributed by atoms with van der Waals surface area (Å²) in [6.45, 7) is 0. The fraction of sp³-hybridized carbons (Fsp3) is 0. The van der Waals surface area contributed by atoms with Gasteiger partial charge in [-0.25, -0.2) is 31.9 Å². The molecule has 3 aromatic heterocycles. The summed E-state index contributed by atoms with van der Waals surface area (Å²) < 4.78 is 72.8. The summed E-state index contributed by atoms with van der Waals surface area (Å²) in [5, 5.41) is 0. The molecule has 5 heterocycles. The zero-order valence-electron chi connectivity index (χ0n) is 17.5. The molecule has 0 aliphatic carbocycles. The number of fused-ring (bicyclic) bond motifs is 8. The maximum absolute atomic E-state index is 14.9. The summed E-state index contributed by atoms with van der Waals surface area (Å²) in [4.78, 5) is 12.2. The molecule has 0 radical (unpaired) electrons. The van der Waals surface area contributed by atoms with Gasteiger partial charge in [0, 0.05) is 26.0 Å². The first kappa shape index (κ1) is 21.4. The Morgan fingerprint density at radius 2 is 1.14 bits per heavy atom. The molecule has 0 saturated heterocycles. The second-order valence-corrected chi connectivity index (χ2v) is 8.99. The second kappa shape index (κ2) is 7.99. The largest absolute Gasteiger partial charge is 0.355 e. The number of H-pyrrole nitrogens is 1. The lowest BCUT2D eigenvalue weighted by atomic mass is 10.0. The molecule has 0 unspecified atom stereocenters. The topological polar surface area (TPSA) is 41.6 Å². The van der Waals surface area contributed by atoms with Gasteiger partial charge in [-0.3, -0.25) is 0 Å². The highest BCUT2D eigenvalue weighted by Gasteiger charge is 2.29. The molecule has 3 nitrogen and oxygen atoms in total. The number of aromatic nitrogens is 3. The van der Waals surface area contributed by atoms with E-state index in [0.717, 1.165) is 22.5 Å². The summed E-state index contributed by atoms with van der Waals surface area (Å²) in [7, 11) is 0. The molecule has 4 aromatic rings. The van der Waals surface area contributed by atoms with Gasteiger partial charge < -0.3 is 4.98 Å². The predicted octanol–water partition coefficient (Wildman–Crippen LogP) is 7.75. The predicted molar refractivity (Wildman–Crippen MR) is 128 cm³/mol. The van der Waals surface area contributed by atoms with Crippen LogP contribution in [0, 0.1) is 29.1 Å². The van der Waals surface area contributed by atoms with Crippen LogP contribution < -0.4 is 0 Å². The van der Waals surface area contributed by atoms with E-state index in [0.29, 0.717) is 21.6 Å². The Bertz CT molecular complexity index is 1740. The Labute approximate surface area is 198 Å². The van der Waals surface area contributed by atoms with Gasteiger partial charge in [0.05, 0.1) is 28.3 Å². The van der Waals surface area contributed by atoms with Gasteiger partial charge in [0.1, 0.15) is 0 Å². The number of halogens is 5. The van der Waals surface area contributed by atoms with Crippen LogP contribution >= 0.6 is 11.3 Å². The molecule has 0 amide bonds. The molecule has 1 aromatic carbocycles. The first-order chi connectivity index (χ1) is 16.9. The van der Waals surface area contributed by atoms with Gasteiger partial charge in [-0.2, -0.15) is 0 Å². The van der Waals surface area contributed by atoms with Gasteiger partial charge >= 0.3 is 0 Å². The Kier molecular flexibility index (Phi) is 4.89. The van der Waals surface area contributed by atoms with Gasteiger partial charge in [-0.15, -0.1) is 11.3 Å². The van der Waals surface area contributed by atoms with Gasteiger partial charge in [0.25, 0.3) is 0 Å². The minimum absolute atomic E-state index is 0.0759. The van der Waals surface area contributed by atoms with E-state index in [-0.39, 0.29) is 16.0 Å². The molecule has 172 valence electrons. The summed E-state index contributed by atoms with van der Waals surface area (Å²) in [5.41, 5.74) is 2.22. The van der Waals surface area contributed by atoms with E-state index < -0.39 is 34.6 Å². The molecule has 2 aliphatic rings. The maximum Gasteiger partial charge on any atom is 0.200 e. The van der Waals surface area contributed by atoms with E-state index in [2.05, 4.69) is 15.0 Å². The quantitative estimate of drug-likeness (QED) is 0.145. The molecule has 9 heteroatoms. The molecule has 2 aliphatic heterocycles. The van der Waals surface area contributed by atoms with Crippen LogP contribution in [0.3, 0.4) is 0 Å². The maximum atomic E-state index is 14.9. The van der Waals surface area contributed by atoms with Crippen LogP contribution in [0.1, 0.15) is 22.8 Å². The average Bonchev–Trinajstić information content (AvgIpc) is 3.64. The van der Waals surface area contributed by atoms with Crippen molar-refractivity contribution >= 4 is 56.1 Å². The SMILES string of the molecule is Fc1c(F)c(F)c(-c2c3nc(cc4ccc(cc5nc(cc6ccc2s6)C=C5)[nH]4)C=C3)c(F)c1F. The number of nitrogens with one attached hydrogen (secondary N) is 1. The first-order valence-electron chi connectivity index (χ1n) is 10.4. The molecular formula is C26H12F5N3S. The standard InChI is InChI=1S/C26H12F5N3S/c27-22-21(23(28)25(30)26(31)24(22)29)20-18-7-5-15(34-18)10-14-2-1-12(32-14)9-13-3-4-16(33-13)11-17-6-8-19(20)35-17/h1-11,32H. The monoisotopic (exact) mass is 493 g/mol. The van der Waals surface area contributed by atoms with E-state index in [1.165, 1.54) is 6.08 Å². The van der Waals surface area contributed by atoms with Gasteiger partial charge in [-0.05, 0) is 66.8 Å². The molecular weight excluding hydrogens is 481 g/mol. The van der Waals surface area contributed by atoms with Crippen molar-refractivity contribution in [3.05, 3.63) is 94.3 Å². The Balaban J connectivity index is 1.77. The van der Waals surface area contributed by atoms with E-state index >= 15 is 0 Å². The first-order valence-corrected chi connectivity index (χ1v) is 11.2. The zero-order valence-corrected chi connectivity index (χ0v) is 18.4. The van der Waals surface area contributed by atoms with Crippen molar-refractivity contribution in [1.82, 2.24) is 15.0 Å². The summed E-state index contributed by atoms with van der Waals surface area (Å²) in [6, 6.07) is 12.3. The highest BCUT2D eigenvalue weighted by Crippen LogP contribution is 2.39. The molecule has 8 bridgehead atoms. The number of thiophene rings is 1. The lowest BCUT2D eigenvalue weighted by molar-refractivity contribution is 0.381. The minimum atomic E-state index is -2.21. The molecule has 35 heavy (non-hydrogen) atoms. The third-order valence-corrected chi connectivity index (χ3v) is 6.61. The van der Waals surface area contributed by atoms with E-state index in [1.807, 2.05) is 30.4 Å². The second-order valence-electron chi connectivity index (χ2n) is 7.87. The van der Waals surface area contributed by atoms with E-state index in [1.54, 1.807) is 30.3 Å². The van der Waals surface area contributed by atoms with Crippen molar-refractivity contribution in [2.75, 3.05) is 0 Å². The fourth-order valence-electron chi connectivity index (χ4n) is 3.98. The summed E-state index contributed by atoms with van der Waals surface area (Å²) in [6.07, 6.45) is 6.76. The normalized spacial score (nSPS) is 12.5. The molecule has 6 rings (SSSR count). The number of nitrogens with zero attached hydrogens (tertiary/aromatic N) is 2. The van der Waals surface area contributed by atoms with Crippen LogP contribution in [0.2, 0.25) is 0 Å². The van der Waals surface area contributed by atoms with Crippen molar-refractivity contribution in [1.29, 1.82) is 0 Å². The van der Waals surface area contributed by atoms with Crippen LogP contribution in [0.4, 0.5) is 22.0 Å². The highest BCUT2D eigenvalue weighted by molar-refractivity contribution is 7.23. The van der Waals surface area contributed by atoms with Crippen LogP contribution in [0.5, 0.6) is 0 Å². The van der Waals surface area contributed by atoms with E-state index in [9.17, 15) is 22.0 Å². The Hall–Kier alpha value is -4.11. The van der Waals surface area contributed by atoms with Crippen molar-refractivity contribution in [3.63, 3.8) is 0 Å².